The molecule has 0 aromatic rings. The Hall–Kier alpha value is -0.580. The highest BCUT2D eigenvalue weighted by Gasteiger charge is 2.31. The lowest BCUT2D eigenvalue weighted by Gasteiger charge is -2.35. The number of carbonyl (C=O) groups is 1. The third-order valence-corrected chi connectivity index (χ3v) is 2.65. The van der Waals surface area contributed by atoms with Crippen LogP contribution in [0.2, 0.25) is 0 Å². The van der Waals surface area contributed by atoms with Crippen molar-refractivity contribution in [2.24, 2.45) is 4.99 Å². The van der Waals surface area contributed by atoms with Crippen LogP contribution in [-0.4, -0.2) is 41.0 Å². The van der Waals surface area contributed by atoms with E-state index < -0.39 is 6.17 Å². The number of amides is 1. The highest BCUT2D eigenvalue weighted by atomic mass is 32.2. The van der Waals surface area contributed by atoms with Crippen molar-refractivity contribution in [1.82, 2.24) is 4.90 Å². The van der Waals surface area contributed by atoms with E-state index in [9.17, 15) is 9.18 Å². The van der Waals surface area contributed by atoms with Gasteiger partial charge in [-0.1, -0.05) is 11.8 Å². The molecule has 1 fully saturated rings. The van der Waals surface area contributed by atoms with E-state index in [0.29, 0.717) is 24.0 Å². The van der Waals surface area contributed by atoms with Crippen molar-refractivity contribution < 1.29 is 9.18 Å². The summed E-state index contributed by atoms with van der Waals surface area (Å²) in [7, 11) is 0. The lowest BCUT2D eigenvalue weighted by molar-refractivity contribution is -0.115. The normalized spacial score (nSPS) is 25.4. The third kappa shape index (κ3) is 1.24. The summed E-state index contributed by atoms with van der Waals surface area (Å²) in [5, 5.41) is 0.698. The van der Waals surface area contributed by atoms with Crippen LogP contribution in [0.1, 0.15) is 0 Å². The average Bonchev–Trinajstić information content (AvgIpc) is 2.29. The van der Waals surface area contributed by atoms with Crippen LogP contribution in [-0.2, 0) is 4.79 Å². The zero-order valence-electron chi connectivity index (χ0n) is 5.79. The zero-order chi connectivity index (χ0) is 7.84. The first kappa shape index (κ1) is 7.09. The molecular formula is C6H7FN2OS. The van der Waals surface area contributed by atoms with Crippen LogP contribution < -0.4 is 0 Å². The number of likely N-dealkylation sites (tertiary alicyclic amines) is 1. The van der Waals surface area contributed by atoms with Crippen LogP contribution in [0.15, 0.2) is 4.99 Å². The minimum Gasteiger partial charge on any atom is -0.345 e. The van der Waals surface area contributed by atoms with Crippen LogP contribution in [0.4, 0.5) is 4.39 Å². The molecule has 5 heteroatoms. The summed E-state index contributed by atoms with van der Waals surface area (Å²) < 4.78 is 12.3. The minimum absolute atomic E-state index is 0.104. The standard InChI is InChI=1S/C6H7FN2OS/c7-4-1-9(2-4)6-8-5(10)3-11-6/h4H,1-3H2. The Kier molecular flexibility index (Phi) is 1.60. The maximum absolute atomic E-state index is 12.3. The van der Waals surface area contributed by atoms with Crippen LogP contribution in [0.25, 0.3) is 0 Å². The summed E-state index contributed by atoms with van der Waals surface area (Å²) in [6.45, 7) is 0.804. The number of halogens is 1. The van der Waals surface area contributed by atoms with Gasteiger partial charge in [0.05, 0.1) is 18.8 Å². The van der Waals surface area contributed by atoms with Gasteiger partial charge in [-0.15, -0.1) is 0 Å². The summed E-state index contributed by atoms with van der Waals surface area (Å²) >= 11 is 1.40. The maximum Gasteiger partial charge on any atom is 0.258 e. The molecule has 2 rings (SSSR count). The molecule has 2 aliphatic rings. The molecule has 1 amide bonds. The average molecular weight is 174 g/mol. The molecule has 0 aliphatic carbocycles. The predicted octanol–water partition coefficient (Wildman–Crippen LogP) is 0.269. The predicted molar refractivity (Wildman–Crippen MR) is 41.4 cm³/mol. The van der Waals surface area contributed by atoms with Gasteiger partial charge < -0.3 is 4.90 Å². The van der Waals surface area contributed by atoms with Crippen LogP contribution in [0, 0.1) is 0 Å². The van der Waals surface area contributed by atoms with E-state index in [4.69, 9.17) is 0 Å². The Balaban J connectivity index is 1.97. The third-order valence-electron chi connectivity index (χ3n) is 1.65. The second-order valence-electron chi connectivity index (χ2n) is 2.58. The number of rotatable bonds is 0. The van der Waals surface area contributed by atoms with Crippen LogP contribution in [0.5, 0.6) is 0 Å². The van der Waals surface area contributed by atoms with Gasteiger partial charge in [0.2, 0.25) is 0 Å². The summed E-state index contributed by atoms with van der Waals surface area (Å²) in [6.07, 6.45) is -0.728. The molecule has 2 aliphatic heterocycles. The molecule has 0 aromatic carbocycles. The van der Waals surface area contributed by atoms with Gasteiger partial charge >= 0.3 is 0 Å². The zero-order valence-corrected chi connectivity index (χ0v) is 6.60. The summed E-state index contributed by atoms with van der Waals surface area (Å²) in [5.41, 5.74) is 0. The van der Waals surface area contributed by atoms with Crippen molar-refractivity contribution in [1.29, 1.82) is 0 Å². The molecule has 11 heavy (non-hydrogen) atoms. The number of alkyl halides is 1. The summed E-state index contributed by atoms with van der Waals surface area (Å²) in [6, 6.07) is 0. The number of amidine groups is 1. The van der Waals surface area contributed by atoms with Crippen molar-refractivity contribution in [3.05, 3.63) is 0 Å². The van der Waals surface area contributed by atoms with Crippen molar-refractivity contribution in [3.63, 3.8) is 0 Å². The summed E-state index contributed by atoms with van der Waals surface area (Å²) in [4.78, 5) is 16.2. The molecule has 0 atom stereocenters. The number of carbonyl (C=O) groups excluding carboxylic acids is 1. The van der Waals surface area contributed by atoms with Crippen LogP contribution >= 0.6 is 11.8 Å². The fraction of sp³-hybridized carbons (Fsp3) is 0.667. The summed E-state index contributed by atoms with van der Waals surface area (Å²) in [5.74, 6) is 0.315. The Morgan fingerprint density at radius 1 is 1.64 bits per heavy atom. The highest BCUT2D eigenvalue weighted by Crippen LogP contribution is 2.22. The van der Waals surface area contributed by atoms with E-state index in [-0.39, 0.29) is 5.91 Å². The monoisotopic (exact) mass is 174 g/mol. The highest BCUT2D eigenvalue weighted by molar-refractivity contribution is 8.14. The van der Waals surface area contributed by atoms with E-state index in [0.717, 1.165) is 0 Å². The Morgan fingerprint density at radius 3 is 2.82 bits per heavy atom. The number of thioether (sulfide) groups is 1. The topological polar surface area (TPSA) is 32.7 Å². The molecular weight excluding hydrogens is 167 g/mol. The second kappa shape index (κ2) is 2.48. The van der Waals surface area contributed by atoms with Gasteiger partial charge in [0, 0.05) is 0 Å². The molecule has 0 unspecified atom stereocenters. The molecule has 0 saturated carbocycles. The van der Waals surface area contributed by atoms with Crippen molar-refractivity contribution in [2.75, 3.05) is 18.8 Å². The Morgan fingerprint density at radius 2 is 2.36 bits per heavy atom. The lowest BCUT2D eigenvalue weighted by atomic mass is 10.2. The van der Waals surface area contributed by atoms with E-state index in [1.807, 2.05) is 0 Å². The van der Waals surface area contributed by atoms with Gasteiger partial charge in [-0.05, 0) is 0 Å². The Labute approximate surface area is 67.7 Å². The van der Waals surface area contributed by atoms with Gasteiger partial charge in [0.25, 0.3) is 5.91 Å². The molecule has 2 heterocycles. The molecule has 60 valence electrons. The van der Waals surface area contributed by atoms with E-state index in [2.05, 4.69) is 4.99 Å². The molecule has 0 bridgehead atoms. The fourth-order valence-corrected chi connectivity index (χ4v) is 1.86. The van der Waals surface area contributed by atoms with Gasteiger partial charge in [-0.3, -0.25) is 4.79 Å². The first-order chi connectivity index (χ1) is 5.25. The van der Waals surface area contributed by atoms with Gasteiger partial charge in [0.1, 0.15) is 6.17 Å². The van der Waals surface area contributed by atoms with Crippen LogP contribution in [0.3, 0.4) is 0 Å². The molecule has 0 N–H and O–H groups in total. The largest absolute Gasteiger partial charge is 0.345 e. The van der Waals surface area contributed by atoms with Crippen molar-refractivity contribution in [2.45, 2.75) is 6.17 Å². The van der Waals surface area contributed by atoms with Gasteiger partial charge in [0.15, 0.2) is 5.17 Å². The van der Waals surface area contributed by atoms with Crippen molar-refractivity contribution >= 4 is 22.8 Å². The Bertz CT molecular complexity index is 225. The molecule has 3 nitrogen and oxygen atoms in total. The number of aliphatic imine (C=N–C) groups is 1. The first-order valence-electron chi connectivity index (χ1n) is 3.39. The first-order valence-corrected chi connectivity index (χ1v) is 4.37. The lowest BCUT2D eigenvalue weighted by Crippen LogP contribution is -2.50. The van der Waals surface area contributed by atoms with E-state index in [1.165, 1.54) is 11.8 Å². The molecule has 0 aromatic heterocycles. The fourth-order valence-electron chi connectivity index (χ4n) is 1.04. The number of hydrogen-bond donors (Lipinski definition) is 0. The SMILES string of the molecule is O=C1CSC(N2CC(F)C2)=N1. The molecule has 1 saturated heterocycles. The van der Waals surface area contributed by atoms with Crippen molar-refractivity contribution in [3.8, 4) is 0 Å². The van der Waals surface area contributed by atoms with E-state index in [1.54, 1.807) is 4.90 Å². The van der Waals surface area contributed by atoms with E-state index >= 15 is 0 Å². The number of hydrogen-bond acceptors (Lipinski definition) is 3. The number of nitrogens with zero attached hydrogens (tertiary/aromatic N) is 2. The smallest absolute Gasteiger partial charge is 0.258 e. The quantitative estimate of drug-likeness (QED) is 0.528. The maximum atomic E-state index is 12.3. The second-order valence-corrected chi connectivity index (χ2v) is 3.52. The van der Waals surface area contributed by atoms with Gasteiger partial charge in [-0.2, -0.15) is 4.99 Å². The molecule has 0 radical (unpaired) electrons. The minimum atomic E-state index is -0.728. The van der Waals surface area contributed by atoms with Gasteiger partial charge in [-0.25, -0.2) is 4.39 Å². The molecule has 0 spiro atoms.